The second kappa shape index (κ2) is 4.59. The second-order valence-corrected chi connectivity index (χ2v) is 5.02. The molecule has 0 spiro atoms. The van der Waals surface area contributed by atoms with Crippen molar-refractivity contribution >= 4 is 21.6 Å². The van der Waals surface area contributed by atoms with Gasteiger partial charge in [0.2, 0.25) is 0 Å². The molecule has 0 bridgehead atoms. The molecular weight excluding hydrogens is 263 g/mol. The zero-order valence-corrected chi connectivity index (χ0v) is 11.3. The lowest BCUT2D eigenvalue weighted by atomic mass is 10.1. The van der Waals surface area contributed by atoms with Crippen LogP contribution in [-0.4, -0.2) is 17.1 Å². The standard InChI is InChI=1S/C14H11FN2OS/c1-8-16-11-5-6-19-14(11)13(17-8)9-3-4-12(18-2)10(15)7-9/h3-7H,1-2H3. The van der Waals surface area contributed by atoms with Crippen molar-refractivity contribution in [1.82, 2.24) is 9.97 Å². The first kappa shape index (κ1) is 12.0. The third-order valence-electron chi connectivity index (χ3n) is 2.84. The van der Waals surface area contributed by atoms with Crippen molar-refractivity contribution < 1.29 is 9.13 Å². The average molecular weight is 274 g/mol. The first-order valence-corrected chi connectivity index (χ1v) is 6.63. The van der Waals surface area contributed by atoms with Crippen LogP contribution in [0.4, 0.5) is 4.39 Å². The van der Waals surface area contributed by atoms with E-state index in [2.05, 4.69) is 9.97 Å². The average Bonchev–Trinajstić information content (AvgIpc) is 2.85. The summed E-state index contributed by atoms with van der Waals surface area (Å²) in [6.45, 7) is 1.83. The summed E-state index contributed by atoms with van der Waals surface area (Å²) in [5.41, 5.74) is 2.39. The van der Waals surface area contributed by atoms with E-state index >= 15 is 0 Å². The maximum absolute atomic E-state index is 13.8. The fourth-order valence-electron chi connectivity index (χ4n) is 1.99. The third-order valence-corrected chi connectivity index (χ3v) is 3.75. The van der Waals surface area contributed by atoms with Crippen LogP contribution in [0.1, 0.15) is 5.82 Å². The molecule has 2 heterocycles. The Morgan fingerprint density at radius 2 is 2.05 bits per heavy atom. The lowest BCUT2D eigenvalue weighted by Gasteiger charge is -2.06. The summed E-state index contributed by atoms with van der Waals surface area (Å²) in [5, 5.41) is 1.96. The molecule has 0 unspecified atom stereocenters. The quantitative estimate of drug-likeness (QED) is 0.712. The highest BCUT2D eigenvalue weighted by Gasteiger charge is 2.12. The number of nitrogens with zero attached hydrogens (tertiary/aromatic N) is 2. The number of hydrogen-bond acceptors (Lipinski definition) is 4. The zero-order chi connectivity index (χ0) is 13.4. The molecule has 3 nitrogen and oxygen atoms in total. The van der Waals surface area contributed by atoms with Gasteiger partial charge in [0.15, 0.2) is 11.6 Å². The largest absolute Gasteiger partial charge is 0.494 e. The topological polar surface area (TPSA) is 35.0 Å². The highest BCUT2D eigenvalue weighted by atomic mass is 32.1. The highest BCUT2D eigenvalue weighted by molar-refractivity contribution is 7.17. The van der Waals surface area contributed by atoms with E-state index in [-0.39, 0.29) is 11.6 Å². The Bertz CT molecular complexity index is 754. The summed E-state index contributed by atoms with van der Waals surface area (Å²) in [5.74, 6) is 0.523. The fourth-order valence-corrected chi connectivity index (χ4v) is 2.83. The van der Waals surface area contributed by atoms with Crippen molar-refractivity contribution in [1.29, 1.82) is 0 Å². The Balaban J connectivity index is 2.23. The van der Waals surface area contributed by atoms with Gasteiger partial charge in [-0.05, 0) is 36.6 Å². The van der Waals surface area contributed by atoms with Crippen LogP contribution in [0.5, 0.6) is 5.75 Å². The molecule has 3 rings (SSSR count). The van der Waals surface area contributed by atoms with Crippen LogP contribution in [-0.2, 0) is 0 Å². The Morgan fingerprint density at radius 1 is 1.21 bits per heavy atom. The van der Waals surface area contributed by atoms with Crippen LogP contribution in [0.15, 0.2) is 29.6 Å². The third kappa shape index (κ3) is 2.06. The summed E-state index contributed by atoms with van der Waals surface area (Å²) in [6, 6.07) is 6.81. The van der Waals surface area contributed by atoms with Gasteiger partial charge in [-0.25, -0.2) is 14.4 Å². The molecule has 19 heavy (non-hydrogen) atoms. The second-order valence-electron chi connectivity index (χ2n) is 4.10. The summed E-state index contributed by atoms with van der Waals surface area (Å²) in [7, 11) is 1.45. The number of methoxy groups -OCH3 is 1. The molecule has 0 aliphatic heterocycles. The minimum atomic E-state index is -0.388. The molecule has 0 saturated carbocycles. The number of fused-ring (bicyclic) bond motifs is 1. The molecule has 2 aromatic heterocycles. The number of hydrogen-bond donors (Lipinski definition) is 0. The number of benzene rings is 1. The Kier molecular flexibility index (Phi) is 2.91. The lowest BCUT2D eigenvalue weighted by molar-refractivity contribution is 0.386. The Labute approximate surface area is 113 Å². The van der Waals surface area contributed by atoms with Crippen molar-refractivity contribution in [2.24, 2.45) is 0 Å². The number of aromatic nitrogens is 2. The van der Waals surface area contributed by atoms with Gasteiger partial charge in [0.1, 0.15) is 5.82 Å². The van der Waals surface area contributed by atoms with E-state index in [4.69, 9.17) is 4.74 Å². The smallest absolute Gasteiger partial charge is 0.165 e. The van der Waals surface area contributed by atoms with E-state index in [1.165, 1.54) is 13.2 Å². The van der Waals surface area contributed by atoms with Crippen molar-refractivity contribution in [3.8, 4) is 17.0 Å². The molecule has 5 heteroatoms. The van der Waals surface area contributed by atoms with E-state index in [1.54, 1.807) is 17.4 Å². The Hall–Kier alpha value is -2.01. The van der Waals surface area contributed by atoms with E-state index in [0.29, 0.717) is 5.82 Å². The first-order valence-electron chi connectivity index (χ1n) is 5.75. The van der Waals surface area contributed by atoms with Gasteiger partial charge < -0.3 is 4.74 Å². The molecule has 0 saturated heterocycles. The van der Waals surface area contributed by atoms with Crippen molar-refractivity contribution in [2.45, 2.75) is 6.92 Å². The SMILES string of the molecule is COc1ccc(-c2nc(C)nc3ccsc23)cc1F. The van der Waals surface area contributed by atoms with E-state index in [0.717, 1.165) is 21.5 Å². The van der Waals surface area contributed by atoms with Crippen LogP contribution >= 0.6 is 11.3 Å². The summed E-state index contributed by atoms with van der Waals surface area (Å²) < 4.78 is 19.7. The minimum absolute atomic E-state index is 0.233. The maximum Gasteiger partial charge on any atom is 0.165 e. The van der Waals surface area contributed by atoms with Crippen LogP contribution in [0.25, 0.3) is 21.5 Å². The Morgan fingerprint density at radius 3 is 2.79 bits per heavy atom. The van der Waals surface area contributed by atoms with Gasteiger partial charge in [-0.1, -0.05) is 0 Å². The van der Waals surface area contributed by atoms with Crippen LogP contribution in [0.2, 0.25) is 0 Å². The zero-order valence-electron chi connectivity index (χ0n) is 10.5. The summed E-state index contributed by atoms with van der Waals surface area (Å²) in [6.07, 6.45) is 0. The van der Waals surface area contributed by atoms with Gasteiger partial charge in [0, 0.05) is 5.56 Å². The molecule has 96 valence electrons. The van der Waals surface area contributed by atoms with Crippen LogP contribution < -0.4 is 4.74 Å². The number of ether oxygens (including phenoxy) is 1. The van der Waals surface area contributed by atoms with Crippen LogP contribution in [0, 0.1) is 12.7 Å². The van der Waals surface area contributed by atoms with Gasteiger partial charge in [-0.15, -0.1) is 11.3 Å². The van der Waals surface area contributed by atoms with E-state index < -0.39 is 0 Å². The summed E-state index contributed by atoms with van der Waals surface area (Å²) >= 11 is 1.55. The van der Waals surface area contributed by atoms with Crippen molar-refractivity contribution in [2.75, 3.05) is 7.11 Å². The molecule has 0 radical (unpaired) electrons. The number of thiophene rings is 1. The van der Waals surface area contributed by atoms with Gasteiger partial charge in [-0.3, -0.25) is 0 Å². The molecule has 0 amide bonds. The first-order chi connectivity index (χ1) is 9.19. The molecule has 1 aromatic carbocycles. The molecule has 0 N–H and O–H groups in total. The molecule has 0 aliphatic rings. The fraction of sp³-hybridized carbons (Fsp3) is 0.143. The molecule has 0 fully saturated rings. The van der Waals surface area contributed by atoms with Crippen molar-refractivity contribution in [3.63, 3.8) is 0 Å². The number of rotatable bonds is 2. The normalized spacial score (nSPS) is 10.9. The molecular formula is C14H11FN2OS. The van der Waals surface area contributed by atoms with Gasteiger partial charge >= 0.3 is 0 Å². The minimum Gasteiger partial charge on any atom is -0.494 e. The van der Waals surface area contributed by atoms with Gasteiger partial charge in [-0.2, -0.15) is 0 Å². The van der Waals surface area contributed by atoms with Gasteiger partial charge in [0.05, 0.1) is 23.0 Å². The maximum atomic E-state index is 13.8. The van der Waals surface area contributed by atoms with E-state index in [9.17, 15) is 4.39 Å². The number of aryl methyl sites for hydroxylation is 1. The summed E-state index contributed by atoms with van der Waals surface area (Å²) in [4.78, 5) is 8.79. The van der Waals surface area contributed by atoms with E-state index in [1.807, 2.05) is 24.4 Å². The predicted octanol–water partition coefficient (Wildman–Crippen LogP) is 3.81. The molecule has 3 aromatic rings. The van der Waals surface area contributed by atoms with Gasteiger partial charge in [0.25, 0.3) is 0 Å². The number of halogens is 1. The monoisotopic (exact) mass is 274 g/mol. The molecule has 0 aliphatic carbocycles. The molecule has 0 atom stereocenters. The van der Waals surface area contributed by atoms with Crippen molar-refractivity contribution in [3.05, 3.63) is 41.3 Å². The lowest BCUT2D eigenvalue weighted by Crippen LogP contribution is -1.93. The highest BCUT2D eigenvalue weighted by Crippen LogP contribution is 2.32. The van der Waals surface area contributed by atoms with Crippen LogP contribution in [0.3, 0.4) is 0 Å². The predicted molar refractivity (Wildman–Crippen MR) is 74.1 cm³/mol.